The van der Waals surface area contributed by atoms with Crippen LogP contribution in [0.15, 0.2) is 16.9 Å². The van der Waals surface area contributed by atoms with E-state index < -0.39 is 6.09 Å². The van der Waals surface area contributed by atoms with E-state index in [1.54, 1.807) is 17.9 Å². The van der Waals surface area contributed by atoms with Crippen LogP contribution in [-0.2, 0) is 0 Å². The van der Waals surface area contributed by atoms with Gasteiger partial charge in [0.25, 0.3) is 5.56 Å². The maximum absolute atomic E-state index is 12.6. The van der Waals surface area contributed by atoms with E-state index in [9.17, 15) is 9.59 Å². The molecule has 0 aliphatic carbocycles. The minimum atomic E-state index is -0.449. The second kappa shape index (κ2) is 6.72. The van der Waals surface area contributed by atoms with Crippen LogP contribution in [0.25, 0.3) is 10.9 Å². The average Bonchev–Trinajstić information content (AvgIpc) is 2.54. The number of amides is 1. The fourth-order valence-corrected chi connectivity index (χ4v) is 3.07. The maximum atomic E-state index is 12.6. The van der Waals surface area contributed by atoms with Crippen molar-refractivity contribution >= 4 is 17.0 Å². The van der Waals surface area contributed by atoms with Crippen LogP contribution in [0, 0.1) is 6.92 Å². The number of aromatic nitrogens is 2. The molecule has 1 aliphatic rings. The van der Waals surface area contributed by atoms with Crippen molar-refractivity contribution in [3.05, 3.63) is 28.3 Å². The van der Waals surface area contributed by atoms with Gasteiger partial charge in [-0.05, 0) is 27.0 Å². The molecule has 1 N–H and O–H groups in total. The van der Waals surface area contributed by atoms with Crippen LogP contribution in [0.2, 0.25) is 0 Å². The summed E-state index contributed by atoms with van der Waals surface area (Å²) in [6, 6.07) is 3.15. The van der Waals surface area contributed by atoms with E-state index in [-0.39, 0.29) is 17.4 Å². The first kappa shape index (κ1) is 17.2. The predicted octanol–water partition coefficient (Wildman–Crippen LogP) is 1.37. The molecule has 0 bridgehead atoms. The standard InChI is InChI=1S/C17H22N4O4/c1-10-9-20(3)5-6-21(10)17(23)25-15-7-12-13(8-14(15)24-4)18-11(2)19-16(12)22/h7-8,10H,5-6,9H2,1-4H3,(H,18,19,22)/t10-/m1/s1. The fraction of sp³-hybridized carbons (Fsp3) is 0.471. The molecular formula is C17H22N4O4. The SMILES string of the molecule is COc1cc2nc(C)[nH]c(=O)c2cc1OC(=O)N1CCN(C)C[C@H]1C. The van der Waals surface area contributed by atoms with Gasteiger partial charge in [-0.15, -0.1) is 0 Å². The summed E-state index contributed by atoms with van der Waals surface area (Å²) in [5, 5.41) is 0.348. The Bertz CT molecular complexity index is 864. The molecule has 134 valence electrons. The van der Waals surface area contributed by atoms with Crippen LogP contribution in [0.1, 0.15) is 12.7 Å². The number of aryl methyl sites for hydroxylation is 1. The highest BCUT2D eigenvalue weighted by molar-refractivity contribution is 5.83. The predicted molar refractivity (Wildman–Crippen MR) is 93.3 cm³/mol. The molecule has 0 unspecified atom stereocenters. The van der Waals surface area contributed by atoms with E-state index in [1.165, 1.54) is 13.2 Å². The van der Waals surface area contributed by atoms with Gasteiger partial charge in [0.2, 0.25) is 0 Å². The number of hydrogen-bond acceptors (Lipinski definition) is 6. The van der Waals surface area contributed by atoms with Crippen molar-refractivity contribution in [2.75, 3.05) is 33.8 Å². The number of H-pyrrole nitrogens is 1. The number of nitrogens with zero attached hydrogens (tertiary/aromatic N) is 3. The number of methoxy groups -OCH3 is 1. The summed E-state index contributed by atoms with van der Waals surface area (Å²) in [4.78, 5) is 35.5. The minimum Gasteiger partial charge on any atom is -0.493 e. The maximum Gasteiger partial charge on any atom is 0.415 e. The van der Waals surface area contributed by atoms with Crippen molar-refractivity contribution in [3.63, 3.8) is 0 Å². The highest BCUT2D eigenvalue weighted by atomic mass is 16.6. The lowest BCUT2D eigenvalue weighted by molar-refractivity contribution is 0.0886. The molecule has 8 nitrogen and oxygen atoms in total. The number of aromatic amines is 1. The molecule has 25 heavy (non-hydrogen) atoms. The number of rotatable bonds is 2. The molecule has 0 radical (unpaired) electrons. The molecule has 1 saturated heterocycles. The third-order valence-electron chi connectivity index (χ3n) is 4.37. The van der Waals surface area contributed by atoms with Crippen LogP contribution in [0.3, 0.4) is 0 Å². The molecule has 0 saturated carbocycles. The van der Waals surface area contributed by atoms with Crippen molar-refractivity contribution in [2.24, 2.45) is 0 Å². The Labute approximate surface area is 145 Å². The lowest BCUT2D eigenvalue weighted by atomic mass is 10.2. The zero-order valence-electron chi connectivity index (χ0n) is 14.8. The normalized spacial score (nSPS) is 18.4. The summed E-state index contributed by atoms with van der Waals surface area (Å²) in [6.07, 6.45) is -0.449. The molecule has 1 aliphatic heterocycles. The summed E-state index contributed by atoms with van der Waals surface area (Å²) < 4.78 is 10.8. The van der Waals surface area contributed by atoms with Crippen molar-refractivity contribution in [2.45, 2.75) is 19.9 Å². The van der Waals surface area contributed by atoms with Crippen LogP contribution in [0.5, 0.6) is 11.5 Å². The first-order valence-electron chi connectivity index (χ1n) is 8.14. The number of ether oxygens (including phenoxy) is 2. The Hall–Kier alpha value is -2.61. The van der Waals surface area contributed by atoms with E-state index in [0.29, 0.717) is 29.0 Å². The molecular weight excluding hydrogens is 324 g/mol. The van der Waals surface area contributed by atoms with Crippen molar-refractivity contribution < 1.29 is 14.3 Å². The molecule has 3 rings (SSSR count). The third kappa shape index (κ3) is 3.43. The summed E-state index contributed by atoms with van der Waals surface area (Å²) in [5.41, 5.74) is 0.210. The molecule has 1 atom stereocenters. The first-order valence-corrected chi connectivity index (χ1v) is 8.14. The van der Waals surface area contributed by atoms with E-state index in [2.05, 4.69) is 14.9 Å². The largest absolute Gasteiger partial charge is 0.493 e. The molecule has 2 aromatic rings. The highest BCUT2D eigenvalue weighted by Crippen LogP contribution is 2.31. The van der Waals surface area contributed by atoms with Crippen LogP contribution in [0.4, 0.5) is 4.79 Å². The zero-order chi connectivity index (χ0) is 18.1. The van der Waals surface area contributed by atoms with Crippen LogP contribution in [-0.4, -0.2) is 65.7 Å². The molecule has 1 aromatic carbocycles. The molecule has 1 amide bonds. The van der Waals surface area contributed by atoms with Gasteiger partial charge in [0.05, 0.1) is 18.0 Å². The molecule has 2 heterocycles. The first-order chi connectivity index (χ1) is 11.9. The Morgan fingerprint density at radius 2 is 2.08 bits per heavy atom. The number of piperazine rings is 1. The third-order valence-corrected chi connectivity index (χ3v) is 4.37. The summed E-state index contributed by atoms with van der Waals surface area (Å²) in [6.45, 7) is 5.85. The number of nitrogens with one attached hydrogen (secondary N) is 1. The van der Waals surface area contributed by atoms with Crippen molar-refractivity contribution in [1.29, 1.82) is 0 Å². The summed E-state index contributed by atoms with van der Waals surface area (Å²) in [7, 11) is 3.50. The molecule has 8 heteroatoms. The van der Waals surface area contributed by atoms with Gasteiger partial charge in [-0.1, -0.05) is 0 Å². The Morgan fingerprint density at radius 3 is 2.76 bits per heavy atom. The summed E-state index contributed by atoms with van der Waals surface area (Å²) in [5.74, 6) is 1.08. The van der Waals surface area contributed by atoms with Gasteiger partial charge in [-0.2, -0.15) is 0 Å². The van der Waals surface area contributed by atoms with Gasteiger partial charge in [-0.25, -0.2) is 9.78 Å². The van der Waals surface area contributed by atoms with Crippen LogP contribution >= 0.6 is 0 Å². The van der Waals surface area contributed by atoms with Gasteiger partial charge in [0, 0.05) is 31.7 Å². The lowest BCUT2D eigenvalue weighted by Crippen LogP contribution is -2.53. The highest BCUT2D eigenvalue weighted by Gasteiger charge is 2.28. The van der Waals surface area contributed by atoms with Gasteiger partial charge in [0.15, 0.2) is 11.5 Å². The van der Waals surface area contributed by atoms with Crippen LogP contribution < -0.4 is 15.0 Å². The van der Waals surface area contributed by atoms with Crippen molar-refractivity contribution in [1.82, 2.24) is 19.8 Å². The molecule has 1 fully saturated rings. The van der Waals surface area contributed by atoms with E-state index in [0.717, 1.165) is 13.1 Å². The zero-order valence-corrected chi connectivity index (χ0v) is 14.8. The number of benzene rings is 1. The summed E-state index contributed by atoms with van der Waals surface area (Å²) >= 11 is 0. The quantitative estimate of drug-likeness (QED) is 0.884. The van der Waals surface area contributed by atoms with E-state index >= 15 is 0 Å². The average molecular weight is 346 g/mol. The van der Waals surface area contributed by atoms with E-state index in [1.807, 2.05) is 14.0 Å². The van der Waals surface area contributed by atoms with Gasteiger partial charge in [0.1, 0.15) is 5.82 Å². The lowest BCUT2D eigenvalue weighted by Gasteiger charge is -2.37. The number of fused-ring (bicyclic) bond motifs is 1. The fourth-order valence-electron chi connectivity index (χ4n) is 3.07. The van der Waals surface area contributed by atoms with Gasteiger partial charge < -0.3 is 24.3 Å². The Morgan fingerprint density at radius 1 is 1.32 bits per heavy atom. The number of carbonyl (C=O) groups excluding carboxylic acids is 1. The molecule has 1 aromatic heterocycles. The monoisotopic (exact) mass is 346 g/mol. The van der Waals surface area contributed by atoms with Gasteiger partial charge in [-0.3, -0.25) is 4.79 Å². The van der Waals surface area contributed by atoms with E-state index in [4.69, 9.17) is 9.47 Å². The molecule has 0 spiro atoms. The number of carbonyl (C=O) groups is 1. The smallest absolute Gasteiger partial charge is 0.415 e. The number of likely N-dealkylation sites (N-methyl/N-ethyl adjacent to an activating group) is 1. The Balaban J connectivity index is 1.92. The van der Waals surface area contributed by atoms with Gasteiger partial charge >= 0.3 is 6.09 Å². The second-order valence-corrected chi connectivity index (χ2v) is 6.34. The minimum absolute atomic E-state index is 0.0467. The number of hydrogen-bond donors (Lipinski definition) is 1. The van der Waals surface area contributed by atoms with Crippen molar-refractivity contribution in [3.8, 4) is 11.5 Å². The second-order valence-electron chi connectivity index (χ2n) is 6.34. The topological polar surface area (TPSA) is 87.8 Å². The Kier molecular flexibility index (Phi) is 4.63.